The summed E-state index contributed by atoms with van der Waals surface area (Å²) in [5.41, 5.74) is 0.950. The molecule has 6 heteroatoms. The van der Waals surface area contributed by atoms with Gasteiger partial charge >= 0.3 is 0 Å². The van der Waals surface area contributed by atoms with Crippen LogP contribution in [0, 0.1) is 0 Å². The van der Waals surface area contributed by atoms with Crippen molar-refractivity contribution in [3.8, 4) is 11.5 Å². The third-order valence-electron chi connectivity index (χ3n) is 3.08. The predicted octanol–water partition coefficient (Wildman–Crippen LogP) is 2.86. The Morgan fingerprint density at radius 3 is 2.65 bits per heavy atom. The van der Waals surface area contributed by atoms with Gasteiger partial charge in [-0.25, -0.2) is 0 Å². The number of methoxy groups -OCH3 is 1. The summed E-state index contributed by atoms with van der Waals surface area (Å²) >= 11 is 9.15. The number of hydrogen-bond donors (Lipinski definition) is 0. The fraction of sp³-hybridized carbons (Fsp3) is 0.500. The first kappa shape index (κ1) is 15.5. The molecule has 0 N–H and O–H groups in total. The molecule has 0 amide bonds. The lowest BCUT2D eigenvalue weighted by Gasteiger charge is -2.29. The molecule has 20 heavy (non-hydrogen) atoms. The van der Waals surface area contributed by atoms with Gasteiger partial charge in [-0.15, -0.1) is 0 Å². The fourth-order valence-electron chi connectivity index (χ4n) is 2.06. The number of halogens is 1. The maximum absolute atomic E-state index is 5.61. The molecular weight excluding hydrogens is 342 g/mol. The van der Waals surface area contributed by atoms with Crippen LogP contribution in [0.3, 0.4) is 0 Å². The molecule has 0 saturated carbocycles. The van der Waals surface area contributed by atoms with Crippen molar-refractivity contribution in [3.05, 3.63) is 22.2 Å². The van der Waals surface area contributed by atoms with E-state index in [1.807, 2.05) is 19.1 Å². The summed E-state index contributed by atoms with van der Waals surface area (Å²) in [4.78, 5) is 2.96. The number of morpholine rings is 1. The van der Waals surface area contributed by atoms with Crippen molar-refractivity contribution in [3.63, 3.8) is 0 Å². The number of ether oxygens (including phenoxy) is 3. The average molecular weight is 360 g/mol. The molecule has 4 nitrogen and oxygen atoms in total. The van der Waals surface area contributed by atoms with Crippen molar-refractivity contribution in [1.29, 1.82) is 0 Å². The van der Waals surface area contributed by atoms with Crippen LogP contribution in [-0.2, 0) is 4.74 Å². The highest BCUT2D eigenvalue weighted by Gasteiger charge is 2.19. The van der Waals surface area contributed by atoms with Crippen molar-refractivity contribution in [2.75, 3.05) is 40.0 Å². The average Bonchev–Trinajstić information content (AvgIpc) is 2.49. The van der Waals surface area contributed by atoms with Gasteiger partial charge in [0.2, 0.25) is 0 Å². The zero-order valence-corrected chi connectivity index (χ0v) is 14.1. The number of nitrogens with zero attached hydrogens (tertiary/aromatic N) is 1. The van der Waals surface area contributed by atoms with E-state index in [-0.39, 0.29) is 0 Å². The van der Waals surface area contributed by atoms with Crippen molar-refractivity contribution in [1.82, 2.24) is 4.90 Å². The van der Waals surface area contributed by atoms with Gasteiger partial charge in [0.05, 0.1) is 26.9 Å². The van der Waals surface area contributed by atoms with Gasteiger partial charge in [-0.05, 0) is 35.0 Å². The molecule has 1 fully saturated rings. The molecular formula is C14H18BrNO3S. The van der Waals surface area contributed by atoms with Crippen LogP contribution >= 0.6 is 28.1 Å². The molecule has 0 bridgehead atoms. The maximum Gasteiger partial charge on any atom is 0.161 e. The van der Waals surface area contributed by atoms with Gasteiger partial charge in [0.1, 0.15) is 4.99 Å². The Labute approximate surface area is 133 Å². The SMILES string of the molecule is CCOc1cc(C(=S)N2CCOCC2)c(Br)cc1OC. The van der Waals surface area contributed by atoms with Crippen molar-refractivity contribution < 1.29 is 14.2 Å². The van der Waals surface area contributed by atoms with Crippen molar-refractivity contribution >= 4 is 33.1 Å². The normalized spacial score (nSPS) is 15.1. The molecule has 1 heterocycles. The van der Waals surface area contributed by atoms with Crippen molar-refractivity contribution in [2.45, 2.75) is 6.92 Å². The predicted molar refractivity (Wildman–Crippen MR) is 86.0 cm³/mol. The van der Waals surface area contributed by atoms with E-state index in [4.69, 9.17) is 26.4 Å². The second-order valence-corrected chi connectivity index (χ2v) is 5.56. The molecule has 1 aliphatic rings. The van der Waals surface area contributed by atoms with Crippen LogP contribution in [0.1, 0.15) is 12.5 Å². The molecule has 0 atom stereocenters. The number of hydrogen-bond acceptors (Lipinski definition) is 4. The summed E-state index contributed by atoms with van der Waals surface area (Å²) in [6.07, 6.45) is 0. The zero-order chi connectivity index (χ0) is 14.5. The number of benzene rings is 1. The molecule has 0 aromatic heterocycles. The number of rotatable bonds is 4. The lowest BCUT2D eigenvalue weighted by Crippen LogP contribution is -2.40. The first-order valence-electron chi connectivity index (χ1n) is 6.54. The number of thiocarbonyl (C=S) groups is 1. The van der Waals surface area contributed by atoms with Gasteiger partial charge in [0.25, 0.3) is 0 Å². The van der Waals surface area contributed by atoms with Crippen LogP contribution in [0.5, 0.6) is 11.5 Å². The quantitative estimate of drug-likeness (QED) is 0.771. The van der Waals surface area contributed by atoms with Crippen LogP contribution in [0.15, 0.2) is 16.6 Å². The molecule has 2 rings (SSSR count). The van der Waals surface area contributed by atoms with Crippen LogP contribution < -0.4 is 9.47 Å². The highest BCUT2D eigenvalue weighted by molar-refractivity contribution is 9.10. The zero-order valence-electron chi connectivity index (χ0n) is 11.6. The summed E-state index contributed by atoms with van der Waals surface area (Å²) in [6.45, 7) is 5.60. The highest BCUT2D eigenvalue weighted by atomic mass is 79.9. The molecule has 0 unspecified atom stereocenters. The highest BCUT2D eigenvalue weighted by Crippen LogP contribution is 2.34. The minimum atomic E-state index is 0.585. The lowest BCUT2D eigenvalue weighted by atomic mass is 10.1. The lowest BCUT2D eigenvalue weighted by molar-refractivity contribution is 0.0692. The monoisotopic (exact) mass is 359 g/mol. The Balaban J connectivity index is 2.29. The Hall–Kier alpha value is -0.850. The minimum absolute atomic E-state index is 0.585. The Bertz CT molecular complexity index is 490. The third-order valence-corrected chi connectivity index (χ3v) is 4.22. The molecule has 0 aliphatic carbocycles. The van der Waals surface area contributed by atoms with Gasteiger partial charge in [0, 0.05) is 23.1 Å². The second-order valence-electron chi connectivity index (χ2n) is 4.32. The Morgan fingerprint density at radius 2 is 2.05 bits per heavy atom. The Morgan fingerprint density at radius 1 is 1.35 bits per heavy atom. The first-order chi connectivity index (χ1) is 9.67. The summed E-state index contributed by atoms with van der Waals surface area (Å²) in [6, 6.07) is 3.83. The largest absolute Gasteiger partial charge is 0.493 e. The van der Waals surface area contributed by atoms with E-state index < -0.39 is 0 Å². The van der Waals surface area contributed by atoms with Crippen molar-refractivity contribution in [2.24, 2.45) is 0 Å². The Kier molecular flexibility index (Phi) is 5.63. The summed E-state index contributed by atoms with van der Waals surface area (Å²) in [7, 11) is 1.63. The molecule has 0 spiro atoms. The van der Waals surface area contributed by atoms with Gasteiger partial charge in [-0.3, -0.25) is 0 Å². The van der Waals surface area contributed by atoms with E-state index in [0.717, 1.165) is 28.1 Å². The standard InChI is InChI=1S/C14H18BrNO3S/c1-3-19-13-8-10(11(15)9-12(13)17-2)14(20)16-4-6-18-7-5-16/h8-9H,3-7H2,1-2H3. The van der Waals surface area contributed by atoms with E-state index in [0.29, 0.717) is 31.3 Å². The fourth-order valence-corrected chi connectivity index (χ4v) is 3.06. The van der Waals surface area contributed by atoms with Gasteiger partial charge in [-0.1, -0.05) is 12.2 Å². The summed E-state index contributed by atoms with van der Waals surface area (Å²) in [5.74, 6) is 1.41. The van der Waals surface area contributed by atoms with Gasteiger partial charge in [-0.2, -0.15) is 0 Å². The summed E-state index contributed by atoms with van der Waals surface area (Å²) in [5, 5.41) is 0. The van der Waals surface area contributed by atoms with Gasteiger partial charge in [0.15, 0.2) is 11.5 Å². The van der Waals surface area contributed by atoms with Gasteiger partial charge < -0.3 is 19.1 Å². The van der Waals surface area contributed by atoms with Crippen LogP contribution in [0.4, 0.5) is 0 Å². The van der Waals surface area contributed by atoms with Crippen LogP contribution in [0.25, 0.3) is 0 Å². The third kappa shape index (κ3) is 3.42. The smallest absolute Gasteiger partial charge is 0.161 e. The minimum Gasteiger partial charge on any atom is -0.493 e. The maximum atomic E-state index is 5.61. The molecule has 110 valence electrons. The van der Waals surface area contributed by atoms with E-state index in [9.17, 15) is 0 Å². The molecule has 1 saturated heterocycles. The molecule has 0 radical (unpaired) electrons. The molecule has 1 aromatic rings. The second kappa shape index (κ2) is 7.24. The topological polar surface area (TPSA) is 30.9 Å². The first-order valence-corrected chi connectivity index (χ1v) is 7.74. The van der Waals surface area contributed by atoms with Crippen LogP contribution in [-0.4, -0.2) is 49.9 Å². The molecule has 1 aliphatic heterocycles. The molecule has 1 aromatic carbocycles. The van der Waals surface area contributed by atoms with E-state index in [1.54, 1.807) is 7.11 Å². The van der Waals surface area contributed by atoms with E-state index in [1.165, 1.54) is 0 Å². The van der Waals surface area contributed by atoms with E-state index in [2.05, 4.69) is 20.8 Å². The van der Waals surface area contributed by atoms with E-state index >= 15 is 0 Å². The van der Waals surface area contributed by atoms with Crippen LogP contribution in [0.2, 0.25) is 0 Å². The summed E-state index contributed by atoms with van der Waals surface area (Å²) < 4.78 is 17.2.